The standard InChI is InChI=1S/C26H27N5O2S2/c1-17-6-8-19(9-7-17)16-31-25(33)21(35-26(31)34)15-20-23(29-13-11-28(3)12-14-29)27-22-18(2)5-4-10-30(22)24(20)32/h4-10,15H,11-14,16H2,1-3H3/b21-15+. The van der Waals surface area contributed by atoms with E-state index in [2.05, 4.69) is 16.8 Å². The van der Waals surface area contributed by atoms with Crippen molar-refractivity contribution < 1.29 is 4.79 Å². The molecule has 3 aromatic rings. The van der Waals surface area contributed by atoms with Gasteiger partial charge in [-0.25, -0.2) is 4.98 Å². The first kappa shape index (κ1) is 23.7. The molecule has 35 heavy (non-hydrogen) atoms. The molecule has 0 spiro atoms. The van der Waals surface area contributed by atoms with Crippen LogP contribution >= 0.6 is 24.0 Å². The molecule has 4 heterocycles. The molecule has 0 unspecified atom stereocenters. The molecule has 0 bridgehead atoms. The van der Waals surface area contributed by atoms with Crippen LogP contribution in [0.25, 0.3) is 11.7 Å². The van der Waals surface area contributed by atoms with Gasteiger partial charge in [-0.15, -0.1) is 0 Å². The molecule has 2 saturated heterocycles. The van der Waals surface area contributed by atoms with Gasteiger partial charge in [-0.1, -0.05) is 59.9 Å². The number of carbonyl (C=O) groups is 1. The van der Waals surface area contributed by atoms with Gasteiger partial charge in [0.2, 0.25) is 0 Å². The maximum Gasteiger partial charge on any atom is 0.267 e. The first-order valence-electron chi connectivity index (χ1n) is 11.6. The molecule has 0 N–H and O–H groups in total. The Balaban J connectivity index is 1.56. The smallest absolute Gasteiger partial charge is 0.267 e. The number of hydrogen-bond acceptors (Lipinski definition) is 7. The Morgan fingerprint density at radius 1 is 1.06 bits per heavy atom. The van der Waals surface area contributed by atoms with Crippen molar-refractivity contribution in [3.8, 4) is 0 Å². The van der Waals surface area contributed by atoms with E-state index < -0.39 is 0 Å². The Labute approximate surface area is 214 Å². The molecule has 0 aliphatic carbocycles. The van der Waals surface area contributed by atoms with Gasteiger partial charge in [-0.3, -0.25) is 18.9 Å². The summed E-state index contributed by atoms with van der Waals surface area (Å²) in [5.41, 5.74) is 3.97. The Bertz CT molecular complexity index is 1410. The molecule has 180 valence electrons. The molecular formula is C26H27N5O2S2. The minimum absolute atomic E-state index is 0.182. The van der Waals surface area contributed by atoms with Crippen LogP contribution in [0.4, 0.5) is 5.82 Å². The van der Waals surface area contributed by atoms with Crippen molar-refractivity contribution in [2.45, 2.75) is 20.4 Å². The van der Waals surface area contributed by atoms with Gasteiger partial charge in [-0.05, 0) is 44.2 Å². The summed E-state index contributed by atoms with van der Waals surface area (Å²) in [6, 6.07) is 11.8. The number of benzene rings is 1. The van der Waals surface area contributed by atoms with Crippen LogP contribution in [-0.2, 0) is 11.3 Å². The van der Waals surface area contributed by atoms with Gasteiger partial charge in [0, 0.05) is 32.4 Å². The highest BCUT2D eigenvalue weighted by Crippen LogP contribution is 2.34. The lowest BCUT2D eigenvalue weighted by Crippen LogP contribution is -2.45. The maximum absolute atomic E-state index is 13.7. The third-order valence-corrected chi connectivity index (χ3v) is 7.86. The summed E-state index contributed by atoms with van der Waals surface area (Å²) >= 11 is 6.78. The number of aromatic nitrogens is 2. The Hall–Kier alpha value is -3.01. The van der Waals surface area contributed by atoms with Crippen LogP contribution in [0.3, 0.4) is 0 Å². The number of piperazine rings is 1. The molecule has 2 aliphatic rings. The Kier molecular flexibility index (Phi) is 6.48. The first-order valence-corrected chi connectivity index (χ1v) is 12.8. The van der Waals surface area contributed by atoms with Crippen LogP contribution in [-0.4, -0.2) is 62.6 Å². The van der Waals surface area contributed by atoms with Crippen LogP contribution in [0.15, 0.2) is 52.3 Å². The molecule has 9 heteroatoms. The lowest BCUT2D eigenvalue weighted by atomic mass is 10.1. The van der Waals surface area contributed by atoms with E-state index in [-0.39, 0.29) is 11.5 Å². The van der Waals surface area contributed by atoms with Crippen LogP contribution in [0.2, 0.25) is 0 Å². The molecule has 5 rings (SSSR count). The summed E-state index contributed by atoms with van der Waals surface area (Å²) in [6.45, 7) is 7.68. The first-order chi connectivity index (χ1) is 16.8. The lowest BCUT2D eigenvalue weighted by Gasteiger charge is -2.34. The van der Waals surface area contributed by atoms with E-state index >= 15 is 0 Å². The molecule has 0 atom stereocenters. The summed E-state index contributed by atoms with van der Waals surface area (Å²) in [5, 5.41) is 0. The van der Waals surface area contributed by atoms with Crippen LogP contribution in [0.5, 0.6) is 0 Å². The third kappa shape index (κ3) is 4.63. The van der Waals surface area contributed by atoms with Gasteiger partial charge in [0.25, 0.3) is 11.5 Å². The molecule has 7 nitrogen and oxygen atoms in total. The fourth-order valence-corrected chi connectivity index (χ4v) is 5.57. The van der Waals surface area contributed by atoms with E-state index in [1.807, 2.05) is 50.2 Å². The van der Waals surface area contributed by atoms with E-state index in [9.17, 15) is 9.59 Å². The SMILES string of the molecule is Cc1ccc(CN2C(=O)/C(=C\c3c(N4CCN(C)CC4)nc4c(C)cccn4c3=O)SC2=S)cc1. The van der Waals surface area contributed by atoms with E-state index in [0.717, 1.165) is 42.9 Å². The highest BCUT2D eigenvalue weighted by atomic mass is 32.2. The number of hydrogen-bond donors (Lipinski definition) is 0. The summed E-state index contributed by atoms with van der Waals surface area (Å²) in [6.07, 6.45) is 3.41. The van der Waals surface area contributed by atoms with Gasteiger partial charge in [0.15, 0.2) is 0 Å². The zero-order valence-corrected chi connectivity index (χ0v) is 21.7. The van der Waals surface area contributed by atoms with Gasteiger partial charge in [0.05, 0.1) is 17.0 Å². The fourth-order valence-electron chi connectivity index (χ4n) is 4.33. The normalized spacial score (nSPS) is 18.3. The topological polar surface area (TPSA) is 61.2 Å². The van der Waals surface area contributed by atoms with Crippen molar-refractivity contribution >= 4 is 51.7 Å². The maximum atomic E-state index is 13.7. The number of nitrogens with zero attached hydrogens (tertiary/aromatic N) is 5. The zero-order valence-electron chi connectivity index (χ0n) is 20.0. The second-order valence-corrected chi connectivity index (χ2v) is 10.8. The summed E-state index contributed by atoms with van der Waals surface area (Å²) in [4.78, 5) is 38.4. The number of anilines is 1. The zero-order chi connectivity index (χ0) is 24.7. The number of likely N-dealkylation sites (N-methyl/N-ethyl adjacent to an activating group) is 1. The molecule has 0 radical (unpaired) electrons. The molecular weight excluding hydrogens is 478 g/mol. The molecule has 1 aromatic carbocycles. The molecule has 0 saturated carbocycles. The largest absolute Gasteiger partial charge is 0.353 e. The Morgan fingerprint density at radius 3 is 2.49 bits per heavy atom. The average molecular weight is 506 g/mol. The summed E-state index contributed by atoms with van der Waals surface area (Å²) < 4.78 is 2.06. The lowest BCUT2D eigenvalue weighted by molar-refractivity contribution is -0.122. The van der Waals surface area contributed by atoms with Gasteiger partial charge in [-0.2, -0.15) is 0 Å². The molecule has 2 aromatic heterocycles. The Morgan fingerprint density at radius 2 is 1.77 bits per heavy atom. The van der Waals surface area contributed by atoms with Crippen molar-refractivity contribution in [3.05, 3.63) is 80.1 Å². The second-order valence-electron chi connectivity index (χ2n) is 9.08. The van der Waals surface area contributed by atoms with Crippen LogP contribution in [0.1, 0.15) is 22.3 Å². The minimum atomic E-state index is -0.184. The van der Waals surface area contributed by atoms with Crippen molar-refractivity contribution in [2.24, 2.45) is 0 Å². The fraction of sp³-hybridized carbons (Fsp3) is 0.308. The van der Waals surface area contributed by atoms with Crippen molar-refractivity contribution in [1.82, 2.24) is 19.2 Å². The molecule has 2 fully saturated rings. The predicted molar refractivity (Wildman–Crippen MR) is 146 cm³/mol. The van der Waals surface area contributed by atoms with E-state index in [1.165, 1.54) is 11.8 Å². The molecule has 1 amide bonds. The average Bonchev–Trinajstić information content (AvgIpc) is 3.10. The quantitative estimate of drug-likeness (QED) is 0.398. The van der Waals surface area contributed by atoms with Gasteiger partial charge >= 0.3 is 0 Å². The third-order valence-electron chi connectivity index (χ3n) is 6.48. The number of amides is 1. The number of pyridine rings is 1. The van der Waals surface area contributed by atoms with Crippen molar-refractivity contribution in [3.63, 3.8) is 0 Å². The van der Waals surface area contributed by atoms with Crippen LogP contribution < -0.4 is 10.5 Å². The van der Waals surface area contributed by atoms with Crippen molar-refractivity contribution in [2.75, 3.05) is 38.1 Å². The summed E-state index contributed by atoms with van der Waals surface area (Å²) in [7, 11) is 2.09. The highest BCUT2D eigenvalue weighted by molar-refractivity contribution is 8.26. The monoisotopic (exact) mass is 505 g/mol. The second kappa shape index (κ2) is 9.56. The number of carbonyl (C=O) groups excluding carboxylic acids is 1. The highest BCUT2D eigenvalue weighted by Gasteiger charge is 2.33. The number of thiocarbonyl (C=S) groups is 1. The number of fused-ring (bicyclic) bond motifs is 1. The van der Waals surface area contributed by atoms with E-state index in [4.69, 9.17) is 17.2 Å². The molecule has 2 aliphatic heterocycles. The number of thioether (sulfide) groups is 1. The predicted octanol–water partition coefficient (Wildman–Crippen LogP) is 3.46. The minimum Gasteiger partial charge on any atom is -0.353 e. The summed E-state index contributed by atoms with van der Waals surface area (Å²) in [5.74, 6) is 0.444. The number of rotatable bonds is 4. The van der Waals surface area contributed by atoms with E-state index in [0.29, 0.717) is 32.8 Å². The van der Waals surface area contributed by atoms with Gasteiger partial charge in [0.1, 0.15) is 15.8 Å². The van der Waals surface area contributed by atoms with Gasteiger partial charge < -0.3 is 9.80 Å². The van der Waals surface area contributed by atoms with Crippen LogP contribution in [0, 0.1) is 13.8 Å². The van der Waals surface area contributed by atoms with E-state index in [1.54, 1.807) is 21.6 Å². The number of aryl methyl sites for hydroxylation is 2. The van der Waals surface area contributed by atoms with Crippen molar-refractivity contribution in [1.29, 1.82) is 0 Å².